The molecule has 0 atom stereocenters. The van der Waals surface area contributed by atoms with Gasteiger partial charge in [0.2, 0.25) is 0 Å². The van der Waals surface area contributed by atoms with E-state index in [-0.39, 0.29) is 0 Å². The minimum absolute atomic E-state index is 0.537. The van der Waals surface area contributed by atoms with Gasteiger partial charge in [-0.15, -0.1) is 0 Å². The Morgan fingerprint density at radius 3 is 2.62 bits per heavy atom. The Kier molecular flexibility index (Phi) is 3.52. The number of hydrogen-bond donors (Lipinski definition) is 0. The van der Waals surface area contributed by atoms with E-state index in [0.29, 0.717) is 5.15 Å². The van der Waals surface area contributed by atoms with Crippen LogP contribution in [0.5, 0.6) is 0 Å². The first kappa shape index (κ1) is 11.5. The average molecular weight is 250 g/mol. The number of aromatic nitrogens is 1. The summed E-state index contributed by atoms with van der Waals surface area (Å²) < 4.78 is 0. The lowest BCUT2D eigenvalue weighted by Crippen LogP contribution is -1.82. The van der Waals surface area contributed by atoms with Gasteiger partial charge in [-0.2, -0.15) is 0 Å². The highest BCUT2D eigenvalue weighted by Gasteiger charge is 2.02. The zero-order chi connectivity index (χ0) is 11.5. The third-order valence-electron chi connectivity index (χ3n) is 2.26. The molecule has 1 aromatic heterocycles. The number of halogens is 1. The molecule has 0 fully saturated rings. The van der Waals surface area contributed by atoms with Crippen LogP contribution in [0.2, 0.25) is 5.15 Å². The van der Waals surface area contributed by atoms with Crippen LogP contribution < -0.4 is 0 Å². The Morgan fingerprint density at radius 1 is 1.12 bits per heavy atom. The summed E-state index contributed by atoms with van der Waals surface area (Å²) in [5, 5.41) is 0.537. The van der Waals surface area contributed by atoms with Crippen molar-refractivity contribution in [2.45, 2.75) is 23.6 Å². The Morgan fingerprint density at radius 2 is 1.94 bits per heavy atom. The molecule has 0 spiro atoms. The summed E-state index contributed by atoms with van der Waals surface area (Å²) in [4.78, 5) is 6.34. The molecule has 2 aromatic rings. The molecule has 0 N–H and O–H groups in total. The standard InChI is InChI=1S/C13H12ClNS/c1-9-3-4-12(10(2)7-9)16-11-5-6-15-13(14)8-11/h3-8H,1-2H3. The lowest BCUT2D eigenvalue weighted by molar-refractivity contribution is 1.23. The molecule has 0 unspecified atom stereocenters. The SMILES string of the molecule is Cc1ccc(Sc2ccnc(Cl)c2)c(C)c1. The van der Waals surface area contributed by atoms with Crippen LogP contribution >= 0.6 is 23.4 Å². The number of hydrogen-bond acceptors (Lipinski definition) is 2. The summed E-state index contributed by atoms with van der Waals surface area (Å²) in [6.45, 7) is 4.23. The highest BCUT2D eigenvalue weighted by molar-refractivity contribution is 7.99. The van der Waals surface area contributed by atoms with Gasteiger partial charge in [0.05, 0.1) is 0 Å². The van der Waals surface area contributed by atoms with Crippen LogP contribution in [0.1, 0.15) is 11.1 Å². The molecule has 0 saturated carbocycles. The van der Waals surface area contributed by atoms with Gasteiger partial charge in [-0.3, -0.25) is 0 Å². The van der Waals surface area contributed by atoms with E-state index in [1.54, 1.807) is 18.0 Å². The minimum atomic E-state index is 0.537. The molecule has 0 bridgehead atoms. The van der Waals surface area contributed by atoms with Gasteiger partial charge in [0.25, 0.3) is 0 Å². The molecule has 16 heavy (non-hydrogen) atoms. The highest BCUT2D eigenvalue weighted by Crippen LogP contribution is 2.31. The Labute approximate surface area is 105 Å². The second-order valence-corrected chi connectivity index (χ2v) is 5.19. The van der Waals surface area contributed by atoms with Crippen molar-refractivity contribution in [3.63, 3.8) is 0 Å². The molecule has 0 aliphatic heterocycles. The Hall–Kier alpha value is -0.990. The number of aryl methyl sites for hydroxylation is 2. The minimum Gasteiger partial charge on any atom is -0.244 e. The van der Waals surface area contributed by atoms with Crippen LogP contribution in [0.15, 0.2) is 46.3 Å². The largest absolute Gasteiger partial charge is 0.244 e. The van der Waals surface area contributed by atoms with Crippen molar-refractivity contribution in [3.8, 4) is 0 Å². The van der Waals surface area contributed by atoms with Gasteiger partial charge in [0.15, 0.2) is 0 Å². The molecule has 2 rings (SSSR count). The molecule has 0 saturated heterocycles. The Balaban J connectivity index is 2.27. The third kappa shape index (κ3) is 2.77. The second-order valence-electron chi connectivity index (χ2n) is 3.69. The summed E-state index contributed by atoms with van der Waals surface area (Å²) in [6.07, 6.45) is 1.73. The van der Waals surface area contributed by atoms with Crippen molar-refractivity contribution in [1.82, 2.24) is 4.98 Å². The fourth-order valence-corrected chi connectivity index (χ4v) is 2.64. The number of pyridine rings is 1. The fraction of sp³-hybridized carbons (Fsp3) is 0.154. The average Bonchev–Trinajstić information content (AvgIpc) is 2.22. The summed E-state index contributed by atoms with van der Waals surface area (Å²) in [5.41, 5.74) is 2.58. The van der Waals surface area contributed by atoms with Gasteiger partial charge in [-0.1, -0.05) is 41.1 Å². The smallest absolute Gasteiger partial charge is 0.130 e. The predicted molar refractivity (Wildman–Crippen MR) is 69.3 cm³/mol. The molecule has 0 amide bonds. The van der Waals surface area contributed by atoms with Crippen LogP contribution in [-0.2, 0) is 0 Å². The topological polar surface area (TPSA) is 12.9 Å². The van der Waals surface area contributed by atoms with Crippen LogP contribution in [0.25, 0.3) is 0 Å². The van der Waals surface area contributed by atoms with Gasteiger partial charge in [-0.05, 0) is 37.6 Å². The summed E-state index contributed by atoms with van der Waals surface area (Å²) in [6, 6.07) is 10.3. The number of rotatable bonds is 2. The van der Waals surface area contributed by atoms with Crippen molar-refractivity contribution in [3.05, 3.63) is 52.8 Å². The maximum Gasteiger partial charge on any atom is 0.130 e. The normalized spacial score (nSPS) is 10.4. The van der Waals surface area contributed by atoms with Crippen molar-refractivity contribution in [1.29, 1.82) is 0 Å². The van der Waals surface area contributed by atoms with Gasteiger partial charge in [-0.25, -0.2) is 4.98 Å². The van der Waals surface area contributed by atoms with E-state index >= 15 is 0 Å². The van der Waals surface area contributed by atoms with Crippen molar-refractivity contribution < 1.29 is 0 Å². The lowest BCUT2D eigenvalue weighted by Gasteiger charge is -2.06. The monoisotopic (exact) mass is 249 g/mol. The molecular weight excluding hydrogens is 238 g/mol. The molecular formula is C13H12ClNS. The second kappa shape index (κ2) is 4.89. The maximum absolute atomic E-state index is 5.85. The number of benzene rings is 1. The number of nitrogens with zero attached hydrogens (tertiary/aromatic N) is 1. The van der Waals surface area contributed by atoms with Crippen LogP contribution in [-0.4, -0.2) is 4.98 Å². The predicted octanol–water partition coefficient (Wildman–Crippen LogP) is 4.50. The van der Waals surface area contributed by atoms with Crippen LogP contribution in [0, 0.1) is 13.8 Å². The van der Waals surface area contributed by atoms with Gasteiger partial charge >= 0.3 is 0 Å². The van der Waals surface area contributed by atoms with E-state index < -0.39 is 0 Å². The summed E-state index contributed by atoms with van der Waals surface area (Å²) >= 11 is 7.56. The van der Waals surface area contributed by atoms with Gasteiger partial charge in [0.1, 0.15) is 5.15 Å². The Bertz CT molecular complexity index is 511. The fourth-order valence-electron chi connectivity index (χ4n) is 1.49. The molecule has 1 aromatic carbocycles. The van der Waals surface area contributed by atoms with E-state index in [9.17, 15) is 0 Å². The molecule has 1 nitrogen and oxygen atoms in total. The first-order valence-electron chi connectivity index (χ1n) is 5.02. The molecule has 0 aliphatic rings. The molecule has 82 valence electrons. The van der Waals surface area contributed by atoms with Crippen molar-refractivity contribution in [2.24, 2.45) is 0 Å². The van der Waals surface area contributed by atoms with Crippen LogP contribution in [0.3, 0.4) is 0 Å². The molecule has 1 heterocycles. The van der Waals surface area contributed by atoms with E-state index in [1.165, 1.54) is 16.0 Å². The summed E-state index contributed by atoms with van der Waals surface area (Å²) in [7, 11) is 0. The first-order chi connectivity index (χ1) is 7.65. The molecule has 3 heteroatoms. The molecule has 0 radical (unpaired) electrons. The summed E-state index contributed by atoms with van der Waals surface area (Å²) in [5.74, 6) is 0. The zero-order valence-electron chi connectivity index (χ0n) is 9.20. The van der Waals surface area contributed by atoms with Gasteiger partial charge < -0.3 is 0 Å². The maximum atomic E-state index is 5.85. The first-order valence-corrected chi connectivity index (χ1v) is 6.21. The van der Waals surface area contributed by atoms with E-state index in [2.05, 4.69) is 37.0 Å². The van der Waals surface area contributed by atoms with Crippen molar-refractivity contribution in [2.75, 3.05) is 0 Å². The van der Waals surface area contributed by atoms with E-state index in [0.717, 1.165) is 4.90 Å². The van der Waals surface area contributed by atoms with E-state index in [4.69, 9.17) is 11.6 Å². The molecule has 0 aliphatic carbocycles. The lowest BCUT2D eigenvalue weighted by atomic mass is 10.2. The quantitative estimate of drug-likeness (QED) is 0.727. The third-order valence-corrected chi connectivity index (χ3v) is 3.63. The highest BCUT2D eigenvalue weighted by atomic mass is 35.5. The van der Waals surface area contributed by atoms with Crippen molar-refractivity contribution >= 4 is 23.4 Å². The van der Waals surface area contributed by atoms with E-state index in [1.807, 2.05) is 12.1 Å². The van der Waals surface area contributed by atoms with Crippen LogP contribution in [0.4, 0.5) is 0 Å². The zero-order valence-corrected chi connectivity index (χ0v) is 10.8. The van der Waals surface area contributed by atoms with Gasteiger partial charge in [0, 0.05) is 16.0 Å².